The molecule has 14 atom stereocenters. The van der Waals surface area contributed by atoms with Crippen molar-refractivity contribution in [1.29, 1.82) is 0 Å². The minimum Gasteiger partial charge on any atom is -0.390 e. The first-order valence-corrected chi connectivity index (χ1v) is 14.0. The highest BCUT2D eigenvalue weighted by molar-refractivity contribution is 5.37. The van der Waals surface area contributed by atoms with E-state index >= 15 is 0 Å². The normalized spacial score (nSPS) is 68.0. The van der Waals surface area contributed by atoms with E-state index in [9.17, 15) is 35.7 Å². The zero-order valence-electron chi connectivity index (χ0n) is 21.6. The number of hydrogen-bond acceptors (Lipinski definition) is 9. The van der Waals surface area contributed by atoms with Gasteiger partial charge in [0.2, 0.25) is 0 Å². The van der Waals surface area contributed by atoms with Crippen molar-refractivity contribution in [2.45, 2.75) is 124 Å². The summed E-state index contributed by atoms with van der Waals surface area (Å²) in [6, 6.07) is -0.360. The maximum absolute atomic E-state index is 12.7. The van der Waals surface area contributed by atoms with E-state index in [2.05, 4.69) is 11.8 Å². The maximum Gasteiger partial charge on any atom is 0.196 e. The summed E-state index contributed by atoms with van der Waals surface area (Å²) in [5.74, 6) is -3.30. The monoisotopic (exact) mass is 509 g/mol. The predicted molar refractivity (Wildman–Crippen MR) is 126 cm³/mol. The van der Waals surface area contributed by atoms with E-state index < -0.39 is 63.3 Å². The number of ether oxygens (including phenoxy) is 1. The molecule has 1 spiro atoms. The molecule has 3 saturated heterocycles. The minimum absolute atomic E-state index is 0.0208. The van der Waals surface area contributed by atoms with Gasteiger partial charge in [-0.3, -0.25) is 4.90 Å². The zero-order chi connectivity index (χ0) is 25.9. The molecule has 4 bridgehead atoms. The van der Waals surface area contributed by atoms with E-state index in [-0.39, 0.29) is 31.3 Å². The highest BCUT2D eigenvalue weighted by Crippen LogP contribution is 2.78. The summed E-state index contributed by atoms with van der Waals surface area (Å²) < 4.78 is 6.52. The smallest absolute Gasteiger partial charge is 0.196 e. The Hall–Kier alpha value is -0.360. The topological polar surface area (TPSA) is 154 Å². The van der Waals surface area contributed by atoms with Gasteiger partial charge in [0.05, 0.1) is 11.7 Å². The fraction of sp³-hybridized carbons (Fsp3) is 1.00. The van der Waals surface area contributed by atoms with Crippen molar-refractivity contribution in [3.63, 3.8) is 0 Å². The third-order valence-electron chi connectivity index (χ3n) is 13.1. The van der Waals surface area contributed by atoms with E-state index in [1.54, 1.807) is 6.92 Å². The summed E-state index contributed by atoms with van der Waals surface area (Å²) in [6.45, 7) is 6.70. The number of aliphatic hydroxyl groups is 7. The molecule has 0 aromatic carbocycles. The quantitative estimate of drug-likeness (QED) is 0.228. The SMILES string of the molecule is C[C@@H]1CC[C@@H]2N(C1)C[C@H]1[C@](O)([C@@H](O)C[C@@]3(O)[C@H]4CC[C@H]5[C@]6(O)O[C@@]4(C[C@@]13O)[C@@]5(C)CC[C@H]6O)[C@@]2(C)O. The third-order valence-corrected chi connectivity index (χ3v) is 13.1. The second-order valence-corrected chi connectivity index (χ2v) is 14.3. The molecule has 7 fully saturated rings. The molecule has 7 N–H and O–H groups in total. The molecule has 0 amide bonds. The molecule has 9 nitrogen and oxygen atoms in total. The van der Waals surface area contributed by atoms with Crippen molar-refractivity contribution in [3.8, 4) is 0 Å². The Bertz CT molecular complexity index is 995. The Labute approximate surface area is 212 Å². The first-order valence-electron chi connectivity index (χ1n) is 14.0. The van der Waals surface area contributed by atoms with Crippen LogP contribution in [0.2, 0.25) is 0 Å². The second-order valence-electron chi connectivity index (χ2n) is 14.3. The van der Waals surface area contributed by atoms with Crippen molar-refractivity contribution < 1.29 is 40.5 Å². The average Bonchev–Trinajstić information content (AvgIpc) is 2.97. The molecule has 7 aliphatic rings. The number of fused-ring (bicyclic) bond motifs is 5. The Morgan fingerprint density at radius 2 is 1.47 bits per heavy atom. The largest absolute Gasteiger partial charge is 0.390 e. The number of aliphatic hydroxyl groups excluding tert-OH is 2. The average molecular weight is 510 g/mol. The van der Waals surface area contributed by atoms with Crippen LogP contribution < -0.4 is 0 Å². The second kappa shape index (κ2) is 6.67. The van der Waals surface area contributed by atoms with Crippen LogP contribution in [0, 0.1) is 29.1 Å². The molecular weight excluding hydrogens is 466 g/mol. The van der Waals surface area contributed by atoms with E-state index in [0.29, 0.717) is 44.6 Å². The van der Waals surface area contributed by atoms with Crippen LogP contribution in [0.5, 0.6) is 0 Å². The van der Waals surface area contributed by atoms with Crippen LogP contribution in [0.25, 0.3) is 0 Å². The van der Waals surface area contributed by atoms with E-state index in [0.717, 1.165) is 6.42 Å². The van der Waals surface area contributed by atoms with Gasteiger partial charge in [0.1, 0.15) is 28.5 Å². The first-order chi connectivity index (χ1) is 16.6. The van der Waals surface area contributed by atoms with Gasteiger partial charge in [0.15, 0.2) is 5.79 Å². The summed E-state index contributed by atoms with van der Waals surface area (Å²) in [7, 11) is 0. The van der Waals surface area contributed by atoms with Gasteiger partial charge in [-0.25, -0.2) is 0 Å². The van der Waals surface area contributed by atoms with Crippen molar-refractivity contribution in [2.24, 2.45) is 29.1 Å². The highest BCUT2D eigenvalue weighted by atomic mass is 16.7. The lowest BCUT2D eigenvalue weighted by Crippen LogP contribution is -2.85. The molecule has 204 valence electrons. The lowest BCUT2D eigenvalue weighted by molar-refractivity contribution is -0.354. The van der Waals surface area contributed by atoms with E-state index in [4.69, 9.17) is 4.74 Å². The van der Waals surface area contributed by atoms with Crippen LogP contribution >= 0.6 is 0 Å². The molecule has 0 radical (unpaired) electrons. The molecular formula is C27H43NO8. The van der Waals surface area contributed by atoms with Crippen LogP contribution in [0.3, 0.4) is 0 Å². The van der Waals surface area contributed by atoms with Crippen LogP contribution in [-0.2, 0) is 4.74 Å². The molecule has 3 aliphatic heterocycles. The lowest BCUT2D eigenvalue weighted by Gasteiger charge is -2.68. The lowest BCUT2D eigenvalue weighted by atomic mass is 9.49. The number of rotatable bonds is 0. The standard InChI is InChI=1S/C27H43NO8/c1-14-4-7-18-22(3,31)26(34)17(12-28(18)11-14)24(33)13-25-16(23(24,32)10-20(26)30)6-5-15-21(25,2)9-8-19(29)27(15,35)36-25/h14-20,29-35H,4-13H2,1-3H3/t14-,15-,16-,17-,18+,19-,20+,21+,22+,23-,24-,25-,26+,27+/m1/s1. The zero-order valence-corrected chi connectivity index (χ0v) is 21.6. The number of hydrogen-bond donors (Lipinski definition) is 7. The molecule has 36 heavy (non-hydrogen) atoms. The maximum atomic E-state index is 12.7. The van der Waals surface area contributed by atoms with Gasteiger partial charge < -0.3 is 40.5 Å². The molecule has 7 rings (SSSR count). The number of piperidine rings is 2. The minimum atomic E-state index is -2.02. The van der Waals surface area contributed by atoms with Crippen molar-refractivity contribution in [1.82, 2.24) is 4.90 Å². The predicted octanol–water partition coefficient (Wildman–Crippen LogP) is -0.526. The third kappa shape index (κ3) is 2.27. The van der Waals surface area contributed by atoms with Gasteiger partial charge in [0, 0.05) is 55.1 Å². The van der Waals surface area contributed by atoms with Gasteiger partial charge in [0.25, 0.3) is 0 Å². The summed E-state index contributed by atoms with van der Waals surface area (Å²) in [6.07, 6.45) is 0.752. The van der Waals surface area contributed by atoms with Gasteiger partial charge in [-0.15, -0.1) is 0 Å². The van der Waals surface area contributed by atoms with Gasteiger partial charge in [-0.2, -0.15) is 0 Å². The first kappa shape index (κ1) is 24.7. The highest BCUT2D eigenvalue weighted by Gasteiger charge is 2.88. The Morgan fingerprint density at radius 3 is 2.19 bits per heavy atom. The molecule has 4 saturated carbocycles. The Morgan fingerprint density at radius 1 is 0.778 bits per heavy atom. The van der Waals surface area contributed by atoms with Crippen LogP contribution in [0.4, 0.5) is 0 Å². The molecule has 0 aromatic rings. The summed E-state index contributed by atoms with van der Waals surface area (Å²) in [5.41, 5.74) is -9.07. The van der Waals surface area contributed by atoms with Gasteiger partial charge >= 0.3 is 0 Å². The van der Waals surface area contributed by atoms with Crippen molar-refractivity contribution in [3.05, 3.63) is 0 Å². The summed E-state index contributed by atoms with van der Waals surface area (Å²) >= 11 is 0. The molecule has 4 aliphatic carbocycles. The van der Waals surface area contributed by atoms with Crippen molar-refractivity contribution in [2.75, 3.05) is 13.1 Å². The molecule has 0 unspecified atom stereocenters. The van der Waals surface area contributed by atoms with Crippen molar-refractivity contribution >= 4 is 0 Å². The molecule has 9 heteroatoms. The van der Waals surface area contributed by atoms with Gasteiger partial charge in [-0.05, 0) is 51.4 Å². The Kier molecular flexibility index (Phi) is 4.57. The Balaban J connectivity index is 1.39. The summed E-state index contributed by atoms with van der Waals surface area (Å²) in [4.78, 5) is 2.12. The molecule has 3 heterocycles. The van der Waals surface area contributed by atoms with Crippen LogP contribution in [0.1, 0.15) is 72.1 Å². The van der Waals surface area contributed by atoms with Crippen LogP contribution in [-0.4, -0.2) is 106 Å². The summed E-state index contributed by atoms with van der Waals surface area (Å²) in [5, 5.41) is 83.2. The molecule has 0 aromatic heterocycles. The fourth-order valence-electron chi connectivity index (χ4n) is 11.3. The van der Waals surface area contributed by atoms with Crippen LogP contribution in [0.15, 0.2) is 0 Å². The van der Waals surface area contributed by atoms with E-state index in [1.807, 2.05) is 6.92 Å². The number of nitrogens with zero attached hydrogens (tertiary/aromatic N) is 1. The fourth-order valence-corrected chi connectivity index (χ4v) is 11.3. The van der Waals surface area contributed by atoms with Gasteiger partial charge in [-0.1, -0.05) is 13.8 Å². The van der Waals surface area contributed by atoms with E-state index in [1.165, 1.54) is 0 Å².